The molecule has 0 radical (unpaired) electrons. The Hall–Kier alpha value is -1.84. The summed E-state index contributed by atoms with van der Waals surface area (Å²) in [6.45, 7) is 3.10. The number of imidazole rings is 1. The van der Waals surface area contributed by atoms with Crippen LogP contribution in [0.3, 0.4) is 0 Å². The number of hydrogen-bond donors (Lipinski definition) is 1. The maximum atomic E-state index is 11.2. The van der Waals surface area contributed by atoms with Gasteiger partial charge in [0.25, 0.3) is 0 Å². The van der Waals surface area contributed by atoms with E-state index in [1.54, 1.807) is 12.1 Å². The molecule has 1 saturated carbocycles. The van der Waals surface area contributed by atoms with Crippen LogP contribution in [0, 0.1) is 5.92 Å². The maximum Gasteiger partial charge on any atom is 0.335 e. The van der Waals surface area contributed by atoms with Gasteiger partial charge >= 0.3 is 5.97 Å². The summed E-state index contributed by atoms with van der Waals surface area (Å²) in [6.07, 6.45) is 7.21. The van der Waals surface area contributed by atoms with Crippen LogP contribution in [0.15, 0.2) is 18.2 Å². The van der Waals surface area contributed by atoms with Crippen molar-refractivity contribution < 1.29 is 9.90 Å². The summed E-state index contributed by atoms with van der Waals surface area (Å²) in [6, 6.07) is 5.23. The predicted octanol–water partition coefficient (Wildman–Crippen LogP) is 3.88. The Labute approximate surface area is 124 Å². The largest absolute Gasteiger partial charge is 0.478 e. The highest BCUT2D eigenvalue weighted by Gasteiger charge is 2.21. The zero-order chi connectivity index (χ0) is 14.8. The van der Waals surface area contributed by atoms with Gasteiger partial charge in [0.1, 0.15) is 5.82 Å². The van der Waals surface area contributed by atoms with E-state index >= 15 is 0 Å². The van der Waals surface area contributed by atoms with E-state index in [2.05, 4.69) is 16.5 Å². The Morgan fingerprint density at radius 3 is 2.90 bits per heavy atom. The van der Waals surface area contributed by atoms with Crippen LogP contribution in [0.25, 0.3) is 11.0 Å². The molecule has 0 atom stereocenters. The van der Waals surface area contributed by atoms with Crippen LogP contribution in [-0.4, -0.2) is 20.6 Å². The molecular weight excluding hydrogens is 264 g/mol. The van der Waals surface area contributed by atoms with Crippen molar-refractivity contribution in [2.75, 3.05) is 0 Å². The van der Waals surface area contributed by atoms with Crippen LogP contribution in [0.4, 0.5) is 0 Å². The van der Waals surface area contributed by atoms with Crippen molar-refractivity contribution >= 4 is 17.0 Å². The minimum absolute atomic E-state index is 0.342. The van der Waals surface area contributed by atoms with Crippen molar-refractivity contribution in [3.8, 4) is 0 Å². The van der Waals surface area contributed by atoms with Crippen LogP contribution in [0.2, 0.25) is 0 Å². The zero-order valence-electron chi connectivity index (χ0n) is 12.5. The molecule has 1 N–H and O–H groups in total. The number of benzene rings is 1. The van der Waals surface area contributed by atoms with Crippen molar-refractivity contribution in [3.05, 3.63) is 29.6 Å². The molecule has 0 aliphatic heterocycles. The monoisotopic (exact) mass is 286 g/mol. The van der Waals surface area contributed by atoms with Crippen LogP contribution in [0.1, 0.15) is 55.2 Å². The second-order valence-corrected chi connectivity index (χ2v) is 6.02. The van der Waals surface area contributed by atoms with Crippen LogP contribution in [-0.2, 0) is 13.0 Å². The fourth-order valence-corrected chi connectivity index (χ4v) is 2.91. The number of nitrogens with zero attached hydrogens (tertiary/aromatic N) is 2. The summed E-state index contributed by atoms with van der Waals surface area (Å²) >= 11 is 0. The second kappa shape index (κ2) is 5.88. The number of fused-ring (bicyclic) bond motifs is 1. The van der Waals surface area contributed by atoms with E-state index in [9.17, 15) is 9.90 Å². The highest BCUT2D eigenvalue weighted by atomic mass is 16.4. The molecule has 0 unspecified atom stereocenters. The molecule has 2 aromatic rings. The lowest BCUT2D eigenvalue weighted by Gasteiger charge is -2.08. The lowest BCUT2D eigenvalue weighted by molar-refractivity contribution is 0.0697. The fourth-order valence-electron chi connectivity index (χ4n) is 2.91. The van der Waals surface area contributed by atoms with E-state index in [1.807, 2.05) is 6.07 Å². The smallest absolute Gasteiger partial charge is 0.335 e. The van der Waals surface area contributed by atoms with E-state index in [1.165, 1.54) is 19.3 Å². The number of aromatic nitrogens is 2. The number of hydrogen-bond acceptors (Lipinski definition) is 2. The number of carboxylic acids is 1. The van der Waals surface area contributed by atoms with Crippen molar-refractivity contribution in [1.82, 2.24) is 9.55 Å². The van der Waals surface area contributed by atoms with Gasteiger partial charge in [0.15, 0.2) is 0 Å². The van der Waals surface area contributed by atoms with Gasteiger partial charge < -0.3 is 9.67 Å². The average Bonchev–Trinajstić information content (AvgIpc) is 3.22. The Morgan fingerprint density at radius 2 is 2.24 bits per heavy atom. The molecule has 1 aliphatic rings. The number of aromatic carboxylic acids is 1. The Bertz CT molecular complexity index is 656. The lowest BCUT2D eigenvalue weighted by atomic mass is 10.2. The molecule has 0 saturated heterocycles. The summed E-state index contributed by atoms with van der Waals surface area (Å²) < 4.78 is 2.23. The summed E-state index contributed by atoms with van der Waals surface area (Å²) in [7, 11) is 0. The third-order valence-electron chi connectivity index (χ3n) is 4.24. The first-order valence-corrected chi connectivity index (χ1v) is 7.91. The number of carbonyl (C=O) groups is 1. The number of carboxylic acid groups (broad SMARTS) is 1. The SMILES string of the molecule is CCCc1nc2ccc(C(=O)O)cc2n1CCCC1CC1. The summed E-state index contributed by atoms with van der Waals surface area (Å²) in [5, 5.41) is 9.17. The minimum atomic E-state index is -0.875. The number of aryl methyl sites for hydroxylation is 2. The Morgan fingerprint density at radius 1 is 1.43 bits per heavy atom. The quantitative estimate of drug-likeness (QED) is 0.840. The molecule has 1 aromatic carbocycles. The molecule has 0 bridgehead atoms. The van der Waals surface area contributed by atoms with Gasteiger partial charge in [0, 0.05) is 13.0 Å². The highest BCUT2D eigenvalue weighted by Crippen LogP contribution is 2.33. The van der Waals surface area contributed by atoms with Gasteiger partial charge in [-0.25, -0.2) is 9.78 Å². The van der Waals surface area contributed by atoms with Gasteiger partial charge in [-0.05, 0) is 43.4 Å². The van der Waals surface area contributed by atoms with Crippen molar-refractivity contribution in [2.24, 2.45) is 5.92 Å². The van der Waals surface area contributed by atoms with Crippen molar-refractivity contribution in [2.45, 2.75) is 52.0 Å². The molecule has 112 valence electrons. The third kappa shape index (κ3) is 3.09. The number of rotatable bonds is 7. The third-order valence-corrected chi connectivity index (χ3v) is 4.24. The Kier molecular flexibility index (Phi) is 3.95. The first-order chi connectivity index (χ1) is 10.2. The molecule has 1 fully saturated rings. The van der Waals surface area contributed by atoms with Gasteiger partial charge in [0.05, 0.1) is 16.6 Å². The van der Waals surface area contributed by atoms with E-state index in [4.69, 9.17) is 0 Å². The molecule has 0 amide bonds. The van der Waals surface area contributed by atoms with E-state index in [0.717, 1.165) is 48.6 Å². The summed E-state index contributed by atoms with van der Waals surface area (Å²) in [5.41, 5.74) is 2.22. The van der Waals surface area contributed by atoms with Gasteiger partial charge in [-0.3, -0.25) is 0 Å². The van der Waals surface area contributed by atoms with Gasteiger partial charge in [-0.2, -0.15) is 0 Å². The molecule has 4 nitrogen and oxygen atoms in total. The first kappa shape index (κ1) is 14.1. The minimum Gasteiger partial charge on any atom is -0.478 e. The molecule has 3 rings (SSSR count). The molecule has 1 aliphatic carbocycles. The molecule has 21 heavy (non-hydrogen) atoms. The topological polar surface area (TPSA) is 55.1 Å². The Balaban J connectivity index is 1.92. The molecule has 0 spiro atoms. The van der Waals surface area contributed by atoms with Gasteiger partial charge in [-0.1, -0.05) is 19.8 Å². The standard InChI is InChI=1S/C17H22N2O2/c1-2-4-16-18-14-9-8-13(17(20)21)11-15(14)19(16)10-3-5-12-6-7-12/h8-9,11-12H,2-7,10H2,1H3,(H,20,21). The zero-order valence-corrected chi connectivity index (χ0v) is 12.5. The normalized spacial score (nSPS) is 14.7. The molecule has 1 heterocycles. The molecular formula is C17H22N2O2. The van der Waals surface area contributed by atoms with Crippen molar-refractivity contribution in [3.63, 3.8) is 0 Å². The van der Waals surface area contributed by atoms with Crippen molar-refractivity contribution in [1.29, 1.82) is 0 Å². The van der Waals surface area contributed by atoms with E-state index in [0.29, 0.717) is 5.56 Å². The summed E-state index contributed by atoms with van der Waals surface area (Å²) in [5.74, 6) is 1.15. The fraction of sp³-hybridized carbons (Fsp3) is 0.529. The van der Waals surface area contributed by atoms with Crippen LogP contribution >= 0.6 is 0 Å². The molecule has 1 aromatic heterocycles. The van der Waals surface area contributed by atoms with E-state index < -0.39 is 5.97 Å². The maximum absolute atomic E-state index is 11.2. The average molecular weight is 286 g/mol. The molecule has 4 heteroatoms. The van der Waals surface area contributed by atoms with Crippen LogP contribution < -0.4 is 0 Å². The lowest BCUT2D eigenvalue weighted by Crippen LogP contribution is -2.05. The summed E-state index contributed by atoms with van der Waals surface area (Å²) in [4.78, 5) is 15.9. The first-order valence-electron chi connectivity index (χ1n) is 7.91. The predicted molar refractivity (Wildman–Crippen MR) is 82.6 cm³/mol. The van der Waals surface area contributed by atoms with Gasteiger partial charge in [0.2, 0.25) is 0 Å². The highest BCUT2D eigenvalue weighted by molar-refractivity contribution is 5.92. The van der Waals surface area contributed by atoms with Gasteiger partial charge in [-0.15, -0.1) is 0 Å². The van der Waals surface area contributed by atoms with Crippen LogP contribution in [0.5, 0.6) is 0 Å². The van der Waals surface area contributed by atoms with E-state index in [-0.39, 0.29) is 0 Å². The second-order valence-electron chi connectivity index (χ2n) is 6.02.